The first-order valence-electron chi connectivity index (χ1n) is 6.51. The van der Waals surface area contributed by atoms with Crippen molar-refractivity contribution in [3.8, 4) is 0 Å². The monoisotopic (exact) mass is 322 g/mol. The molecular weight excluding hydrogens is 308 g/mol. The summed E-state index contributed by atoms with van der Waals surface area (Å²) < 4.78 is 0.866. The summed E-state index contributed by atoms with van der Waals surface area (Å²) in [4.78, 5) is 26.2. The normalized spacial score (nSPS) is 23.1. The van der Waals surface area contributed by atoms with Crippen molar-refractivity contribution in [1.29, 1.82) is 0 Å². The minimum Gasteiger partial charge on any atom is -0.352 e. The van der Waals surface area contributed by atoms with Crippen molar-refractivity contribution in [3.63, 3.8) is 0 Å². The van der Waals surface area contributed by atoms with Crippen LogP contribution in [-0.2, 0) is 9.59 Å². The second-order valence-electron chi connectivity index (χ2n) is 5.02. The summed E-state index contributed by atoms with van der Waals surface area (Å²) in [5.41, 5.74) is 0.855. The standard InChI is InChI=1S/C14H15BrN2O2/c15-11-4-2-1-3-10(11)12-13(18)16-7-8-17(12)14(19)9-5-6-9/h1-4,9,12H,5-8H2,(H,16,18)/t12-/m1/s1. The number of benzene rings is 1. The van der Waals surface area contributed by atoms with E-state index in [-0.39, 0.29) is 17.7 Å². The molecule has 1 aromatic rings. The topological polar surface area (TPSA) is 49.4 Å². The van der Waals surface area contributed by atoms with E-state index in [1.165, 1.54) is 0 Å². The number of carbonyl (C=O) groups is 2. The molecule has 1 aromatic carbocycles. The fourth-order valence-electron chi connectivity index (χ4n) is 2.48. The molecule has 0 unspecified atom stereocenters. The molecule has 19 heavy (non-hydrogen) atoms. The maximum atomic E-state index is 12.3. The molecule has 1 atom stereocenters. The number of hydrogen-bond acceptors (Lipinski definition) is 2. The van der Waals surface area contributed by atoms with E-state index in [9.17, 15) is 9.59 Å². The zero-order valence-corrected chi connectivity index (χ0v) is 12.0. The average Bonchev–Trinajstić information content (AvgIpc) is 3.23. The molecule has 100 valence electrons. The maximum absolute atomic E-state index is 12.3. The number of halogens is 1. The second-order valence-corrected chi connectivity index (χ2v) is 5.88. The van der Waals surface area contributed by atoms with Crippen molar-refractivity contribution in [3.05, 3.63) is 34.3 Å². The van der Waals surface area contributed by atoms with Crippen LogP contribution in [-0.4, -0.2) is 29.8 Å². The van der Waals surface area contributed by atoms with E-state index in [1.54, 1.807) is 4.90 Å². The van der Waals surface area contributed by atoms with E-state index >= 15 is 0 Å². The average molecular weight is 323 g/mol. The first-order valence-corrected chi connectivity index (χ1v) is 7.30. The van der Waals surface area contributed by atoms with Crippen LogP contribution in [0.4, 0.5) is 0 Å². The molecule has 4 nitrogen and oxygen atoms in total. The van der Waals surface area contributed by atoms with E-state index < -0.39 is 6.04 Å². The first-order chi connectivity index (χ1) is 9.18. The van der Waals surface area contributed by atoms with Gasteiger partial charge in [0.2, 0.25) is 11.8 Å². The molecule has 1 saturated carbocycles. The van der Waals surface area contributed by atoms with E-state index in [0.29, 0.717) is 13.1 Å². The van der Waals surface area contributed by atoms with Gasteiger partial charge in [-0.25, -0.2) is 0 Å². The molecule has 1 N–H and O–H groups in total. The Bertz CT molecular complexity index is 528. The second kappa shape index (κ2) is 4.96. The summed E-state index contributed by atoms with van der Waals surface area (Å²) in [5, 5.41) is 2.85. The molecule has 2 fully saturated rings. The summed E-state index contributed by atoms with van der Waals surface area (Å²) in [6.07, 6.45) is 1.92. The largest absolute Gasteiger partial charge is 0.352 e. The molecule has 2 amide bonds. The van der Waals surface area contributed by atoms with Crippen molar-refractivity contribution in [2.24, 2.45) is 5.92 Å². The summed E-state index contributed by atoms with van der Waals surface area (Å²) in [7, 11) is 0. The molecular formula is C14H15BrN2O2. The predicted octanol–water partition coefficient (Wildman–Crippen LogP) is 1.86. The van der Waals surface area contributed by atoms with Gasteiger partial charge in [-0.15, -0.1) is 0 Å². The fourth-order valence-corrected chi connectivity index (χ4v) is 2.98. The van der Waals surface area contributed by atoms with E-state index in [0.717, 1.165) is 22.9 Å². The van der Waals surface area contributed by atoms with Crippen LogP contribution in [0.5, 0.6) is 0 Å². The van der Waals surface area contributed by atoms with Gasteiger partial charge in [0.1, 0.15) is 6.04 Å². The minimum absolute atomic E-state index is 0.0906. The van der Waals surface area contributed by atoms with Gasteiger partial charge in [-0.1, -0.05) is 34.1 Å². The van der Waals surface area contributed by atoms with E-state index in [1.807, 2.05) is 24.3 Å². The van der Waals surface area contributed by atoms with Crippen molar-refractivity contribution < 1.29 is 9.59 Å². The highest BCUT2D eigenvalue weighted by atomic mass is 79.9. The smallest absolute Gasteiger partial charge is 0.247 e. The molecule has 3 rings (SSSR count). The van der Waals surface area contributed by atoms with Gasteiger partial charge in [-0.2, -0.15) is 0 Å². The van der Waals surface area contributed by atoms with Crippen LogP contribution in [0.25, 0.3) is 0 Å². The Morgan fingerprint density at radius 1 is 1.32 bits per heavy atom. The zero-order valence-electron chi connectivity index (χ0n) is 10.4. The number of piperazine rings is 1. The third-order valence-corrected chi connectivity index (χ3v) is 4.34. The number of carbonyl (C=O) groups excluding carboxylic acids is 2. The van der Waals surface area contributed by atoms with E-state index in [4.69, 9.17) is 0 Å². The number of nitrogens with one attached hydrogen (secondary N) is 1. The summed E-state index contributed by atoms with van der Waals surface area (Å²) in [5.74, 6) is 0.165. The third-order valence-electron chi connectivity index (χ3n) is 3.62. The Morgan fingerprint density at radius 2 is 2.05 bits per heavy atom. The molecule has 0 bridgehead atoms. The van der Waals surface area contributed by atoms with Gasteiger partial charge in [-0.05, 0) is 24.5 Å². The van der Waals surface area contributed by atoms with Gasteiger partial charge in [-0.3, -0.25) is 9.59 Å². The van der Waals surface area contributed by atoms with Crippen LogP contribution in [0.3, 0.4) is 0 Å². The Morgan fingerprint density at radius 3 is 2.74 bits per heavy atom. The molecule has 0 radical (unpaired) electrons. The van der Waals surface area contributed by atoms with Crippen LogP contribution in [0.1, 0.15) is 24.4 Å². The van der Waals surface area contributed by atoms with Crippen LogP contribution < -0.4 is 5.32 Å². The molecule has 0 spiro atoms. The first kappa shape index (κ1) is 12.7. The van der Waals surface area contributed by atoms with Crippen LogP contribution in [0.15, 0.2) is 28.7 Å². The molecule has 1 aliphatic carbocycles. The van der Waals surface area contributed by atoms with Gasteiger partial charge >= 0.3 is 0 Å². The highest BCUT2D eigenvalue weighted by molar-refractivity contribution is 9.10. The zero-order chi connectivity index (χ0) is 13.4. The van der Waals surface area contributed by atoms with Gasteiger partial charge in [0.25, 0.3) is 0 Å². The Hall–Kier alpha value is -1.36. The lowest BCUT2D eigenvalue weighted by Gasteiger charge is -2.35. The Kier molecular flexibility index (Phi) is 3.31. The summed E-state index contributed by atoms with van der Waals surface area (Å²) in [6, 6.07) is 7.09. The summed E-state index contributed by atoms with van der Waals surface area (Å²) >= 11 is 3.47. The Labute approximate surface area is 120 Å². The maximum Gasteiger partial charge on any atom is 0.247 e. The molecule has 5 heteroatoms. The van der Waals surface area contributed by atoms with Gasteiger partial charge in [0, 0.05) is 23.5 Å². The SMILES string of the molecule is O=C1NCCN(C(=O)C2CC2)[C@@H]1c1ccccc1Br. The molecule has 1 aliphatic heterocycles. The fraction of sp³-hybridized carbons (Fsp3) is 0.429. The minimum atomic E-state index is -0.502. The Balaban J connectivity index is 1.95. The highest BCUT2D eigenvalue weighted by Crippen LogP contribution is 2.36. The molecule has 1 heterocycles. The van der Waals surface area contributed by atoms with Crippen molar-refractivity contribution in [2.45, 2.75) is 18.9 Å². The van der Waals surface area contributed by atoms with Crippen molar-refractivity contribution >= 4 is 27.7 Å². The number of nitrogens with zero attached hydrogens (tertiary/aromatic N) is 1. The summed E-state index contributed by atoms with van der Waals surface area (Å²) in [6.45, 7) is 1.13. The molecule has 2 aliphatic rings. The van der Waals surface area contributed by atoms with Gasteiger partial charge in [0.05, 0.1) is 0 Å². The number of rotatable bonds is 2. The quantitative estimate of drug-likeness (QED) is 0.903. The molecule has 1 saturated heterocycles. The van der Waals surface area contributed by atoms with Crippen molar-refractivity contribution in [2.75, 3.05) is 13.1 Å². The lowest BCUT2D eigenvalue weighted by atomic mass is 10.0. The number of amides is 2. The number of hydrogen-bond donors (Lipinski definition) is 1. The van der Waals surface area contributed by atoms with Gasteiger partial charge in [0.15, 0.2) is 0 Å². The van der Waals surface area contributed by atoms with Crippen molar-refractivity contribution in [1.82, 2.24) is 10.2 Å². The van der Waals surface area contributed by atoms with Gasteiger partial charge < -0.3 is 10.2 Å². The van der Waals surface area contributed by atoms with E-state index in [2.05, 4.69) is 21.2 Å². The molecule has 0 aromatic heterocycles. The highest BCUT2D eigenvalue weighted by Gasteiger charge is 2.41. The third kappa shape index (κ3) is 2.39. The lowest BCUT2D eigenvalue weighted by Crippen LogP contribution is -2.52. The van der Waals surface area contributed by atoms with Crippen LogP contribution in [0, 0.1) is 5.92 Å². The van der Waals surface area contributed by atoms with Crippen LogP contribution >= 0.6 is 15.9 Å². The predicted molar refractivity (Wildman–Crippen MR) is 74.3 cm³/mol. The van der Waals surface area contributed by atoms with Crippen LogP contribution in [0.2, 0.25) is 0 Å². The lowest BCUT2D eigenvalue weighted by molar-refractivity contribution is -0.144.